The van der Waals surface area contributed by atoms with E-state index < -0.39 is 5.91 Å². The number of carbonyl (C=O) groups excluding carboxylic acids is 1. The number of carbonyl (C=O) groups is 1. The largest absolute Gasteiger partial charge is 0.488 e. The summed E-state index contributed by atoms with van der Waals surface area (Å²) >= 11 is 12.9. The molecule has 7 heteroatoms. The fraction of sp³-hybridized carbons (Fsp3) is 0.0435. The summed E-state index contributed by atoms with van der Waals surface area (Å²) in [6, 6.07) is 21.9. The molecule has 0 heterocycles. The number of anilines is 1. The van der Waals surface area contributed by atoms with Crippen LogP contribution < -0.4 is 10.1 Å². The maximum Gasteiger partial charge on any atom is 0.266 e. The molecule has 1 amide bonds. The molecule has 4 nitrogen and oxygen atoms in total. The molecule has 1 N–H and O–H groups in total. The highest BCUT2D eigenvalue weighted by atomic mass is 79.9. The topological polar surface area (TPSA) is 62.1 Å². The van der Waals surface area contributed by atoms with Crippen molar-refractivity contribution in [3.8, 4) is 11.8 Å². The van der Waals surface area contributed by atoms with Crippen LogP contribution in [0.4, 0.5) is 5.69 Å². The van der Waals surface area contributed by atoms with Crippen molar-refractivity contribution in [1.82, 2.24) is 0 Å². The van der Waals surface area contributed by atoms with E-state index in [2.05, 4.69) is 37.2 Å². The van der Waals surface area contributed by atoms with Gasteiger partial charge in [0, 0.05) is 20.7 Å². The van der Waals surface area contributed by atoms with Gasteiger partial charge in [0.25, 0.3) is 5.91 Å². The van der Waals surface area contributed by atoms with E-state index in [1.54, 1.807) is 42.5 Å². The smallest absolute Gasteiger partial charge is 0.266 e. The Labute approximate surface area is 196 Å². The van der Waals surface area contributed by atoms with Crippen LogP contribution in [0.3, 0.4) is 0 Å². The van der Waals surface area contributed by atoms with Gasteiger partial charge in [-0.2, -0.15) is 5.26 Å². The molecule has 0 aromatic heterocycles. The highest BCUT2D eigenvalue weighted by Crippen LogP contribution is 2.29. The second-order valence-electron chi connectivity index (χ2n) is 6.20. The summed E-state index contributed by atoms with van der Waals surface area (Å²) in [4.78, 5) is 12.4. The summed E-state index contributed by atoms with van der Waals surface area (Å²) in [5.74, 6) is 0.148. The second-order valence-corrected chi connectivity index (χ2v) is 8.35. The van der Waals surface area contributed by atoms with Crippen molar-refractivity contribution in [2.75, 3.05) is 5.32 Å². The number of nitriles is 1. The second kappa shape index (κ2) is 10.4. The number of benzene rings is 3. The third kappa shape index (κ3) is 5.96. The van der Waals surface area contributed by atoms with Crippen molar-refractivity contribution in [2.45, 2.75) is 6.61 Å². The lowest BCUT2D eigenvalue weighted by atomic mass is 10.1. The number of ether oxygens (including phenoxy) is 1. The third-order valence-corrected chi connectivity index (χ3v) is 5.68. The predicted molar refractivity (Wildman–Crippen MR) is 126 cm³/mol. The first-order valence-electron chi connectivity index (χ1n) is 8.81. The molecule has 0 saturated heterocycles. The monoisotopic (exact) mass is 544 g/mol. The van der Waals surface area contributed by atoms with Gasteiger partial charge < -0.3 is 10.1 Å². The van der Waals surface area contributed by atoms with E-state index in [0.717, 1.165) is 14.5 Å². The maximum atomic E-state index is 12.4. The van der Waals surface area contributed by atoms with Gasteiger partial charge in [0.15, 0.2) is 0 Å². The van der Waals surface area contributed by atoms with E-state index in [1.165, 1.54) is 6.08 Å². The van der Waals surface area contributed by atoms with E-state index in [0.29, 0.717) is 28.6 Å². The molecule has 0 unspecified atom stereocenters. The van der Waals surface area contributed by atoms with Crippen molar-refractivity contribution in [3.05, 3.63) is 97.4 Å². The number of amides is 1. The van der Waals surface area contributed by atoms with Crippen LogP contribution in [0.1, 0.15) is 11.1 Å². The van der Waals surface area contributed by atoms with Gasteiger partial charge in [-0.1, -0.05) is 57.9 Å². The minimum absolute atomic E-state index is 0.0243. The lowest BCUT2D eigenvalue weighted by molar-refractivity contribution is -0.112. The maximum absolute atomic E-state index is 12.4. The number of nitrogens with zero attached hydrogens (tertiary/aromatic N) is 1. The summed E-state index contributed by atoms with van der Waals surface area (Å²) in [7, 11) is 0. The molecule has 30 heavy (non-hydrogen) atoms. The molecular formula is C23H15Br2ClN2O2. The molecule has 3 rings (SSSR count). The van der Waals surface area contributed by atoms with Gasteiger partial charge >= 0.3 is 0 Å². The Kier molecular flexibility index (Phi) is 7.69. The molecule has 0 fully saturated rings. The van der Waals surface area contributed by atoms with Crippen LogP contribution in [-0.4, -0.2) is 5.91 Å². The van der Waals surface area contributed by atoms with Crippen LogP contribution in [0, 0.1) is 11.3 Å². The Balaban J connectivity index is 1.72. The quantitative estimate of drug-likeness (QED) is 0.268. The molecule has 0 radical (unpaired) electrons. The molecular weight excluding hydrogens is 532 g/mol. The fourth-order valence-electron chi connectivity index (χ4n) is 2.57. The number of rotatable bonds is 6. The number of nitrogens with one attached hydrogen (secondary N) is 1. The molecule has 0 spiro atoms. The van der Waals surface area contributed by atoms with Crippen molar-refractivity contribution >= 4 is 61.1 Å². The molecule has 0 bridgehead atoms. The summed E-state index contributed by atoms with van der Waals surface area (Å²) in [6.07, 6.45) is 1.52. The van der Waals surface area contributed by atoms with Gasteiger partial charge in [0.05, 0.1) is 4.47 Å². The van der Waals surface area contributed by atoms with Gasteiger partial charge in [-0.05, 0) is 64.0 Å². The lowest BCUT2D eigenvalue weighted by Crippen LogP contribution is -2.13. The van der Waals surface area contributed by atoms with Crippen molar-refractivity contribution in [2.24, 2.45) is 0 Å². The Hall–Kier alpha value is -2.59. The van der Waals surface area contributed by atoms with Crippen LogP contribution in [0.15, 0.2) is 81.2 Å². The zero-order valence-corrected chi connectivity index (χ0v) is 19.5. The average molecular weight is 547 g/mol. The van der Waals surface area contributed by atoms with Crippen LogP contribution in [0.25, 0.3) is 6.08 Å². The molecule has 3 aromatic rings. The first kappa shape index (κ1) is 22.1. The Morgan fingerprint density at radius 1 is 1.07 bits per heavy atom. The molecule has 3 aromatic carbocycles. The Morgan fingerprint density at radius 3 is 2.57 bits per heavy atom. The SMILES string of the molecule is N#C/C(=C\c1ccc(OCc2ccccc2Br)c(Br)c1)C(=O)Nc1cccc(Cl)c1. The minimum atomic E-state index is -0.509. The fourth-order valence-corrected chi connectivity index (χ4v) is 3.68. The number of hydrogen-bond acceptors (Lipinski definition) is 3. The Morgan fingerprint density at radius 2 is 1.87 bits per heavy atom. The summed E-state index contributed by atoms with van der Waals surface area (Å²) in [6.45, 7) is 0.403. The van der Waals surface area contributed by atoms with E-state index in [1.807, 2.05) is 30.3 Å². The Bertz CT molecular complexity index is 1160. The average Bonchev–Trinajstić information content (AvgIpc) is 2.72. The highest BCUT2D eigenvalue weighted by Gasteiger charge is 2.11. The van der Waals surface area contributed by atoms with Crippen LogP contribution in [-0.2, 0) is 11.4 Å². The van der Waals surface area contributed by atoms with Gasteiger partial charge in [-0.15, -0.1) is 0 Å². The first-order valence-corrected chi connectivity index (χ1v) is 10.8. The molecule has 0 aliphatic carbocycles. The normalized spacial score (nSPS) is 10.9. The van der Waals surface area contributed by atoms with Crippen molar-refractivity contribution in [1.29, 1.82) is 5.26 Å². The standard InChI is InChI=1S/C23H15Br2ClN2O2/c24-20-7-2-1-4-16(20)14-30-22-9-8-15(11-21(22)25)10-17(13-27)23(29)28-19-6-3-5-18(26)12-19/h1-12H,14H2,(H,28,29)/b17-10+. The molecule has 0 aliphatic rings. The van der Waals surface area contributed by atoms with Crippen LogP contribution >= 0.6 is 43.5 Å². The number of halogens is 3. The van der Waals surface area contributed by atoms with Crippen LogP contribution in [0.5, 0.6) is 5.75 Å². The first-order chi connectivity index (χ1) is 14.5. The molecule has 0 atom stereocenters. The van der Waals surface area contributed by atoms with E-state index in [9.17, 15) is 10.1 Å². The zero-order chi connectivity index (χ0) is 21.5. The van der Waals surface area contributed by atoms with Crippen molar-refractivity contribution < 1.29 is 9.53 Å². The van der Waals surface area contributed by atoms with E-state index >= 15 is 0 Å². The lowest BCUT2D eigenvalue weighted by Gasteiger charge is -2.10. The molecule has 0 aliphatic heterocycles. The minimum Gasteiger partial charge on any atom is -0.488 e. The molecule has 150 valence electrons. The van der Waals surface area contributed by atoms with E-state index in [4.69, 9.17) is 16.3 Å². The summed E-state index contributed by atoms with van der Waals surface area (Å²) in [5, 5.41) is 12.6. The van der Waals surface area contributed by atoms with Gasteiger partial charge in [-0.25, -0.2) is 0 Å². The predicted octanol–water partition coefficient (Wildman–Crippen LogP) is 6.99. The highest BCUT2D eigenvalue weighted by molar-refractivity contribution is 9.10. The van der Waals surface area contributed by atoms with Crippen molar-refractivity contribution in [3.63, 3.8) is 0 Å². The summed E-state index contributed by atoms with van der Waals surface area (Å²) < 4.78 is 7.57. The number of hydrogen-bond donors (Lipinski definition) is 1. The summed E-state index contributed by atoms with van der Waals surface area (Å²) in [5.41, 5.74) is 2.21. The van der Waals surface area contributed by atoms with Gasteiger partial charge in [0.2, 0.25) is 0 Å². The zero-order valence-electron chi connectivity index (χ0n) is 15.5. The van der Waals surface area contributed by atoms with E-state index in [-0.39, 0.29) is 5.57 Å². The van der Waals surface area contributed by atoms with Gasteiger partial charge in [-0.3, -0.25) is 4.79 Å². The molecule has 0 saturated carbocycles. The van der Waals surface area contributed by atoms with Gasteiger partial charge in [0.1, 0.15) is 24.0 Å². The van der Waals surface area contributed by atoms with Crippen LogP contribution in [0.2, 0.25) is 5.02 Å². The third-order valence-electron chi connectivity index (χ3n) is 4.06.